The third-order valence-electron chi connectivity index (χ3n) is 2.25. The highest BCUT2D eigenvalue weighted by Gasteiger charge is 2.20. The number of nitrogens with one attached hydrogen (secondary N) is 1. The molecule has 1 saturated heterocycles. The molecule has 13 heavy (non-hydrogen) atoms. The normalized spacial score (nSPS) is 19.8. The Morgan fingerprint density at radius 3 is 3.00 bits per heavy atom. The third-order valence-corrected chi connectivity index (χ3v) is 2.25. The summed E-state index contributed by atoms with van der Waals surface area (Å²) in [6.45, 7) is 3.87. The van der Waals surface area contributed by atoms with Gasteiger partial charge in [0.2, 0.25) is 0 Å². The minimum absolute atomic E-state index is 0.458. The van der Waals surface area contributed by atoms with E-state index in [-0.39, 0.29) is 0 Å². The standard InChI is InChI=1S/C10H15NO2/c1-8(11-9-6-12-7-9)5-10-3-2-4-13-10/h2-4,8-9,11H,5-7H2,1H3. The molecule has 0 bridgehead atoms. The van der Waals surface area contributed by atoms with Crippen molar-refractivity contribution in [3.05, 3.63) is 24.2 Å². The maximum atomic E-state index is 5.27. The average Bonchev–Trinajstić information content (AvgIpc) is 2.49. The lowest BCUT2D eigenvalue weighted by molar-refractivity contribution is -0.00928. The molecule has 72 valence electrons. The Kier molecular flexibility index (Phi) is 2.66. The van der Waals surface area contributed by atoms with Gasteiger partial charge in [-0.2, -0.15) is 0 Å². The van der Waals surface area contributed by atoms with Gasteiger partial charge in [0.1, 0.15) is 5.76 Å². The van der Waals surface area contributed by atoms with Crippen molar-refractivity contribution in [2.24, 2.45) is 0 Å². The molecule has 1 unspecified atom stereocenters. The first-order chi connectivity index (χ1) is 6.34. The summed E-state index contributed by atoms with van der Waals surface area (Å²) >= 11 is 0. The van der Waals surface area contributed by atoms with E-state index < -0.39 is 0 Å². The molecule has 1 fully saturated rings. The SMILES string of the molecule is CC(Cc1ccco1)NC1COC1. The molecule has 1 aromatic heterocycles. The summed E-state index contributed by atoms with van der Waals surface area (Å²) < 4.78 is 10.4. The molecule has 3 heteroatoms. The van der Waals surface area contributed by atoms with Crippen LogP contribution in [0.1, 0.15) is 12.7 Å². The lowest BCUT2D eigenvalue weighted by atomic mass is 10.1. The Morgan fingerprint density at radius 2 is 2.46 bits per heavy atom. The number of hydrogen-bond acceptors (Lipinski definition) is 3. The van der Waals surface area contributed by atoms with E-state index in [0.29, 0.717) is 12.1 Å². The quantitative estimate of drug-likeness (QED) is 0.758. The lowest BCUT2D eigenvalue weighted by Gasteiger charge is -2.29. The predicted molar refractivity (Wildman–Crippen MR) is 49.6 cm³/mol. The topological polar surface area (TPSA) is 34.4 Å². The van der Waals surface area contributed by atoms with Crippen molar-refractivity contribution in [1.29, 1.82) is 0 Å². The molecule has 2 rings (SSSR count). The van der Waals surface area contributed by atoms with Gasteiger partial charge in [0.05, 0.1) is 25.5 Å². The lowest BCUT2D eigenvalue weighted by Crippen LogP contribution is -2.50. The molecule has 3 nitrogen and oxygen atoms in total. The first-order valence-electron chi connectivity index (χ1n) is 4.71. The summed E-state index contributed by atoms with van der Waals surface area (Å²) in [7, 11) is 0. The molecule has 1 aromatic rings. The van der Waals surface area contributed by atoms with Crippen LogP contribution in [0.4, 0.5) is 0 Å². The van der Waals surface area contributed by atoms with Gasteiger partial charge in [0.25, 0.3) is 0 Å². The van der Waals surface area contributed by atoms with Crippen LogP contribution in [0.15, 0.2) is 22.8 Å². The molecular formula is C10H15NO2. The van der Waals surface area contributed by atoms with E-state index in [1.807, 2.05) is 12.1 Å². The first-order valence-corrected chi connectivity index (χ1v) is 4.71. The van der Waals surface area contributed by atoms with Crippen molar-refractivity contribution in [3.63, 3.8) is 0 Å². The van der Waals surface area contributed by atoms with Crippen molar-refractivity contribution in [1.82, 2.24) is 5.32 Å². The van der Waals surface area contributed by atoms with Gasteiger partial charge in [-0.3, -0.25) is 0 Å². The smallest absolute Gasteiger partial charge is 0.105 e. The van der Waals surface area contributed by atoms with Gasteiger partial charge < -0.3 is 14.5 Å². The maximum absolute atomic E-state index is 5.27. The first kappa shape index (κ1) is 8.78. The zero-order valence-electron chi connectivity index (χ0n) is 7.82. The van der Waals surface area contributed by atoms with E-state index >= 15 is 0 Å². The van der Waals surface area contributed by atoms with E-state index in [1.165, 1.54) is 0 Å². The van der Waals surface area contributed by atoms with Crippen LogP contribution in [0.25, 0.3) is 0 Å². The largest absolute Gasteiger partial charge is 0.469 e. The van der Waals surface area contributed by atoms with E-state index in [4.69, 9.17) is 9.15 Å². The van der Waals surface area contributed by atoms with Crippen LogP contribution in [-0.4, -0.2) is 25.3 Å². The average molecular weight is 181 g/mol. The molecule has 1 atom stereocenters. The molecule has 0 spiro atoms. The molecular weight excluding hydrogens is 166 g/mol. The summed E-state index contributed by atoms with van der Waals surface area (Å²) in [4.78, 5) is 0. The fourth-order valence-corrected chi connectivity index (χ4v) is 1.52. The zero-order valence-corrected chi connectivity index (χ0v) is 7.82. The second-order valence-corrected chi connectivity index (χ2v) is 3.59. The molecule has 1 aliphatic heterocycles. The van der Waals surface area contributed by atoms with Crippen LogP contribution in [-0.2, 0) is 11.2 Å². The van der Waals surface area contributed by atoms with Gasteiger partial charge in [0.15, 0.2) is 0 Å². The van der Waals surface area contributed by atoms with Crippen LogP contribution in [0.3, 0.4) is 0 Å². The Labute approximate surface area is 78.1 Å². The molecule has 0 radical (unpaired) electrons. The molecule has 0 amide bonds. The summed E-state index contributed by atoms with van der Waals surface area (Å²) in [6, 6.07) is 4.94. The van der Waals surface area contributed by atoms with Gasteiger partial charge >= 0.3 is 0 Å². The van der Waals surface area contributed by atoms with E-state index in [2.05, 4.69) is 12.2 Å². The number of ether oxygens (including phenoxy) is 1. The minimum Gasteiger partial charge on any atom is -0.469 e. The third kappa shape index (κ3) is 2.32. The number of rotatable bonds is 4. The fourth-order valence-electron chi connectivity index (χ4n) is 1.52. The van der Waals surface area contributed by atoms with Gasteiger partial charge in [0, 0.05) is 12.5 Å². The highest BCUT2D eigenvalue weighted by atomic mass is 16.5. The predicted octanol–water partition coefficient (Wildman–Crippen LogP) is 1.20. The highest BCUT2D eigenvalue weighted by molar-refractivity contribution is 5.00. The van der Waals surface area contributed by atoms with Crippen LogP contribution in [0.5, 0.6) is 0 Å². The molecule has 1 aliphatic rings. The number of furan rings is 1. The monoisotopic (exact) mass is 181 g/mol. The van der Waals surface area contributed by atoms with Crippen molar-refractivity contribution >= 4 is 0 Å². The summed E-state index contributed by atoms with van der Waals surface area (Å²) in [5, 5.41) is 3.47. The van der Waals surface area contributed by atoms with Gasteiger partial charge in [-0.25, -0.2) is 0 Å². The Bertz CT molecular complexity index is 241. The van der Waals surface area contributed by atoms with E-state index in [9.17, 15) is 0 Å². The maximum Gasteiger partial charge on any atom is 0.105 e. The van der Waals surface area contributed by atoms with Gasteiger partial charge in [-0.05, 0) is 19.1 Å². The number of hydrogen-bond donors (Lipinski definition) is 1. The van der Waals surface area contributed by atoms with Gasteiger partial charge in [-0.15, -0.1) is 0 Å². The van der Waals surface area contributed by atoms with Crippen LogP contribution < -0.4 is 5.32 Å². The fraction of sp³-hybridized carbons (Fsp3) is 0.600. The molecule has 0 aliphatic carbocycles. The second-order valence-electron chi connectivity index (χ2n) is 3.59. The molecule has 1 N–H and O–H groups in total. The van der Waals surface area contributed by atoms with Crippen molar-refractivity contribution in [2.45, 2.75) is 25.4 Å². The summed E-state index contributed by atoms with van der Waals surface area (Å²) in [5.74, 6) is 1.04. The van der Waals surface area contributed by atoms with Crippen molar-refractivity contribution < 1.29 is 9.15 Å². The van der Waals surface area contributed by atoms with Crippen molar-refractivity contribution in [2.75, 3.05) is 13.2 Å². The van der Waals surface area contributed by atoms with Gasteiger partial charge in [-0.1, -0.05) is 0 Å². The minimum atomic E-state index is 0.458. The zero-order chi connectivity index (χ0) is 9.10. The van der Waals surface area contributed by atoms with E-state index in [0.717, 1.165) is 25.4 Å². The summed E-state index contributed by atoms with van der Waals surface area (Å²) in [6.07, 6.45) is 2.66. The van der Waals surface area contributed by atoms with E-state index in [1.54, 1.807) is 6.26 Å². The molecule has 0 saturated carbocycles. The van der Waals surface area contributed by atoms with Crippen LogP contribution >= 0.6 is 0 Å². The second kappa shape index (κ2) is 3.94. The Balaban J connectivity index is 1.74. The highest BCUT2D eigenvalue weighted by Crippen LogP contribution is 2.06. The molecule has 2 heterocycles. The van der Waals surface area contributed by atoms with Crippen LogP contribution in [0.2, 0.25) is 0 Å². The summed E-state index contributed by atoms with van der Waals surface area (Å²) in [5.41, 5.74) is 0. The Hall–Kier alpha value is -0.800. The molecule has 0 aromatic carbocycles. The van der Waals surface area contributed by atoms with Crippen LogP contribution in [0, 0.1) is 0 Å². The Morgan fingerprint density at radius 1 is 1.62 bits per heavy atom. The van der Waals surface area contributed by atoms with Crippen molar-refractivity contribution in [3.8, 4) is 0 Å².